The second kappa shape index (κ2) is 5.14. The zero-order chi connectivity index (χ0) is 13.9. The van der Waals surface area contributed by atoms with Gasteiger partial charge < -0.3 is 5.53 Å². The van der Waals surface area contributed by atoms with Crippen LogP contribution in [0.1, 0.15) is 5.56 Å². The van der Waals surface area contributed by atoms with Gasteiger partial charge in [-0.2, -0.15) is 4.79 Å². The minimum absolute atomic E-state index is 0.00660. The van der Waals surface area contributed by atoms with E-state index in [1.54, 1.807) is 18.2 Å². The van der Waals surface area contributed by atoms with E-state index in [0.717, 1.165) is 12.1 Å². The molecule has 2 rings (SSSR count). The van der Waals surface area contributed by atoms with Crippen LogP contribution in [0.4, 0.5) is 4.39 Å². The summed E-state index contributed by atoms with van der Waals surface area (Å²) >= 11 is 0. The van der Waals surface area contributed by atoms with E-state index in [-0.39, 0.29) is 10.5 Å². The number of sulfone groups is 1. The van der Waals surface area contributed by atoms with E-state index in [1.807, 2.05) is 0 Å². The molecule has 0 amide bonds. The number of nitrogens with zero attached hydrogens (tertiary/aromatic N) is 2. The Balaban J connectivity index is 2.55. The fourth-order valence-electron chi connectivity index (χ4n) is 1.57. The number of hydrogen-bond donors (Lipinski definition) is 0. The zero-order valence-electron chi connectivity index (χ0n) is 9.69. The zero-order valence-corrected chi connectivity index (χ0v) is 10.5. The van der Waals surface area contributed by atoms with Crippen LogP contribution < -0.4 is 0 Å². The van der Waals surface area contributed by atoms with E-state index in [9.17, 15) is 12.8 Å². The van der Waals surface area contributed by atoms with Gasteiger partial charge >= 0.3 is 5.04 Å². The van der Waals surface area contributed by atoms with Crippen LogP contribution in [-0.2, 0) is 9.84 Å². The molecule has 19 heavy (non-hydrogen) atoms. The van der Waals surface area contributed by atoms with E-state index < -0.39 is 20.7 Å². The largest absolute Gasteiger partial charge is 0.416 e. The van der Waals surface area contributed by atoms with Crippen LogP contribution in [0.25, 0.3) is 5.53 Å². The SMILES string of the molecule is [N-]=[N+]=C(c1ccc(F)cc1)S(=O)(=O)c1ccccc1. The highest BCUT2D eigenvalue weighted by Gasteiger charge is 2.31. The summed E-state index contributed by atoms with van der Waals surface area (Å²) in [7, 11) is -3.94. The molecule has 2 aromatic carbocycles. The molecule has 0 aromatic heterocycles. The Bertz CT molecular complexity index is 734. The minimum Gasteiger partial charge on any atom is -0.360 e. The third-order valence-electron chi connectivity index (χ3n) is 2.49. The molecule has 0 atom stereocenters. The molecule has 6 heteroatoms. The van der Waals surface area contributed by atoms with Crippen LogP contribution in [0, 0.1) is 5.82 Å². The second-order valence-corrected chi connectivity index (χ2v) is 5.59. The van der Waals surface area contributed by atoms with Crippen molar-refractivity contribution in [3.8, 4) is 0 Å². The molecule has 0 saturated heterocycles. The highest BCUT2D eigenvalue weighted by atomic mass is 32.2. The Labute approximate surface area is 109 Å². The average Bonchev–Trinajstić information content (AvgIpc) is 2.42. The smallest absolute Gasteiger partial charge is 0.360 e. The predicted octanol–water partition coefficient (Wildman–Crippen LogP) is 2.28. The van der Waals surface area contributed by atoms with Crippen molar-refractivity contribution in [2.45, 2.75) is 4.90 Å². The molecule has 4 nitrogen and oxygen atoms in total. The first-order valence-electron chi connectivity index (χ1n) is 5.34. The van der Waals surface area contributed by atoms with Crippen molar-refractivity contribution in [3.05, 3.63) is 71.5 Å². The van der Waals surface area contributed by atoms with Crippen LogP contribution in [0.3, 0.4) is 0 Å². The summed E-state index contributed by atoms with van der Waals surface area (Å²) < 4.78 is 37.4. The van der Waals surface area contributed by atoms with E-state index in [4.69, 9.17) is 5.53 Å². The highest BCUT2D eigenvalue weighted by Crippen LogP contribution is 2.16. The first-order chi connectivity index (χ1) is 9.05. The van der Waals surface area contributed by atoms with Gasteiger partial charge in [0.2, 0.25) is 0 Å². The number of hydrogen-bond acceptors (Lipinski definition) is 2. The monoisotopic (exact) mass is 276 g/mol. The van der Waals surface area contributed by atoms with Gasteiger partial charge in [-0.25, -0.2) is 12.8 Å². The maximum Gasteiger partial charge on any atom is 0.416 e. The van der Waals surface area contributed by atoms with Gasteiger partial charge in [0, 0.05) is 0 Å². The summed E-state index contributed by atoms with van der Waals surface area (Å²) in [6, 6.07) is 12.3. The summed E-state index contributed by atoms with van der Waals surface area (Å²) in [5, 5.41) is -0.515. The lowest BCUT2D eigenvalue weighted by atomic mass is 10.2. The highest BCUT2D eigenvalue weighted by molar-refractivity contribution is 8.06. The van der Waals surface area contributed by atoms with Gasteiger partial charge in [-0.05, 0) is 36.4 Å². The maximum absolute atomic E-state index is 12.8. The normalized spacial score (nSPS) is 10.8. The molecule has 0 fully saturated rings. The summed E-state index contributed by atoms with van der Waals surface area (Å²) in [5.74, 6) is -0.502. The van der Waals surface area contributed by atoms with Crippen molar-refractivity contribution in [3.63, 3.8) is 0 Å². The van der Waals surface area contributed by atoms with E-state index in [1.165, 1.54) is 24.3 Å². The fraction of sp³-hybridized carbons (Fsp3) is 0. The topological polar surface area (TPSA) is 70.5 Å². The first kappa shape index (κ1) is 13.1. The molecule has 0 bridgehead atoms. The Morgan fingerprint density at radius 3 is 2.11 bits per heavy atom. The van der Waals surface area contributed by atoms with Gasteiger partial charge in [-0.3, -0.25) is 0 Å². The van der Waals surface area contributed by atoms with Crippen LogP contribution in [0.2, 0.25) is 0 Å². The molecule has 0 unspecified atom stereocenters. The fourth-order valence-corrected chi connectivity index (χ4v) is 2.86. The lowest BCUT2D eigenvalue weighted by molar-refractivity contribution is 0.000602. The predicted molar refractivity (Wildman–Crippen MR) is 67.8 cm³/mol. The average molecular weight is 276 g/mol. The summed E-state index contributed by atoms with van der Waals surface area (Å²) in [6.07, 6.45) is 0. The van der Waals surface area contributed by atoms with Crippen LogP contribution in [-0.4, -0.2) is 18.3 Å². The third-order valence-corrected chi connectivity index (χ3v) is 4.21. The maximum atomic E-state index is 12.8. The lowest BCUT2D eigenvalue weighted by Gasteiger charge is -2.00. The van der Waals surface area contributed by atoms with Crippen molar-refractivity contribution in [1.29, 1.82) is 0 Å². The Morgan fingerprint density at radius 2 is 1.58 bits per heavy atom. The standard InChI is InChI=1S/C13H9FN2O2S/c14-11-8-6-10(7-9-11)13(16-15)19(17,18)12-4-2-1-3-5-12/h1-9H. The Morgan fingerprint density at radius 1 is 1.00 bits per heavy atom. The minimum atomic E-state index is -3.94. The van der Waals surface area contributed by atoms with E-state index in [0.29, 0.717) is 0 Å². The molecular formula is C13H9FN2O2S. The van der Waals surface area contributed by atoms with Gasteiger partial charge in [-0.1, -0.05) is 18.2 Å². The van der Waals surface area contributed by atoms with Crippen molar-refractivity contribution >= 4 is 14.9 Å². The van der Waals surface area contributed by atoms with Gasteiger partial charge in [0.25, 0.3) is 9.84 Å². The quantitative estimate of drug-likeness (QED) is 0.365. The molecule has 96 valence electrons. The van der Waals surface area contributed by atoms with E-state index >= 15 is 0 Å². The van der Waals surface area contributed by atoms with Crippen molar-refractivity contribution in [2.75, 3.05) is 0 Å². The van der Waals surface area contributed by atoms with Gasteiger partial charge in [-0.15, -0.1) is 0 Å². The first-order valence-corrected chi connectivity index (χ1v) is 6.82. The van der Waals surface area contributed by atoms with Gasteiger partial charge in [0.15, 0.2) is 0 Å². The molecule has 0 aliphatic rings. The van der Waals surface area contributed by atoms with Crippen LogP contribution in [0.15, 0.2) is 59.5 Å². The van der Waals surface area contributed by atoms with Crippen molar-refractivity contribution in [2.24, 2.45) is 0 Å². The lowest BCUT2D eigenvalue weighted by Crippen LogP contribution is -2.17. The molecular weight excluding hydrogens is 267 g/mol. The van der Waals surface area contributed by atoms with Crippen LogP contribution in [0.5, 0.6) is 0 Å². The Kier molecular flexibility index (Phi) is 3.55. The molecule has 2 aromatic rings. The number of benzene rings is 2. The summed E-state index contributed by atoms with van der Waals surface area (Å²) in [5.41, 5.74) is 9.08. The number of rotatable bonds is 2. The third kappa shape index (κ3) is 2.59. The molecule has 0 N–H and O–H groups in total. The van der Waals surface area contributed by atoms with E-state index in [2.05, 4.69) is 4.79 Å². The second-order valence-electron chi connectivity index (χ2n) is 3.73. The number of halogens is 1. The molecule has 0 radical (unpaired) electrons. The molecule has 0 saturated carbocycles. The van der Waals surface area contributed by atoms with Crippen molar-refractivity contribution in [1.82, 2.24) is 0 Å². The summed E-state index contributed by atoms with van der Waals surface area (Å²) in [4.78, 5) is 2.85. The Hall–Kier alpha value is -2.30. The van der Waals surface area contributed by atoms with Gasteiger partial charge in [0.05, 0.1) is 10.5 Å². The molecule has 0 aliphatic carbocycles. The molecule has 0 aliphatic heterocycles. The summed E-state index contributed by atoms with van der Waals surface area (Å²) in [6.45, 7) is 0. The van der Waals surface area contributed by atoms with Gasteiger partial charge in [0.1, 0.15) is 5.82 Å². The molecule has 0 spiro atoms. The molecule has 0 heterocycles. The van der Waals surface area contributed by atoms with Crippen molar-refractivity contribution < 1.29 is 17.6 Å². The van der Waals surface area contributed by atoms with Crippen LogP contribution >= 0.6 is 0 Å².